The van der Waals surface area contributed by atoms with Gasteiger partial charge in [-0.25, -0.2) is 9.97 Å². The molecule has 25 heavy (non-hydrogen) atoms. The maximum Gasteiger partial charge on any atom is 0.247 e. The molecule has 126 valence electrons. The number of amides is 1. The minimum Gasteiger partial charge on any atom is -0.342 e. The van der Waals surface area contributed by atoms with Gasteiger partial charge in [0.05, 0.1) is 4.47 Å². The van der Waals surface area contributed by atoms with Crippen LogP contribution in [-0.4, -0.2) is 21.9 Å². The summed E-state index contributed by atoms with van der Waals surface area (Å²) in [5.74, 6) is 0.272. The van der Waals surface area contributed by atoms with Crippen LogP contribution in [0.5, 0.6) is 0 Å². The van der Waals surface area contributed by atoms with Gasteiger partial charge in [0, 0.05) is 24.5 Å². The number of para-hydroxylation sites is 1. The van der Waals surface area contributed by atoms with E-state index in [1.165, 1.54) is 0 Å². The zero-order valence-corrected chi connectivity index (χ0v) is 15.0. The molecule has 0 unspecified atom stereocenters. The van der Waals surface area contributed by atoms with Crippen LogP contribution < -0.4 is 10.6 Å². The third kappa shape index (κ3) is 5.12. The number of carbonyl (C=O) groups is 1. The molecule has 1 amide bonds. The molecule has 0 fully saturated rings. The van der Waals surface area contributed by atoms with Gasteiger partial charge in [-0.15, -0.1) is 0 Å². The molecule has 0 aliphatic heterocycles. The molecule has 0 saturated carbocycles. The molecule has 5 nitrogen and oxygen atoms in total. The van der Waals surface area contributed by atoms with Crippen molar-refractivity contribution < 1.29 is 4.79 Å². The maximum atomic E-state index is 12.7. The maximum absolute atomic E-state index is 12.7. The van der Waals surface area contributed by atoms with Gasteiger partial charge in [-0.3, -0.25) is 4.79 Å². The van der Waals surface area contributed by atoms with Gasteiger partial charge in [-0.1, -0.05) is 48.5 Å². The van der Waals surface area contributed by atoms with Gasteiger partial charge in [0.1, 0.15) is 6.04 Å². The molecule has 3 rings (SSSR count). The molecular formula is C19H17BrN4O. The third-order valence-electron chi connectivity index (χ3n) is 3.56. The van der Waals surface area contributed by atoms with Crippen LogP contribution >= 0.6 is 15.9 Å². The topological polar surface area (TPSA) is 66.9 Å². The van der Waals surface area contributed by atoms with Gasteiger partial charge in [0.2, 0.25) is 11.9 Å². The fraction of sp³-hybridized carbons (Fsp3) is 0.105. The first-order chi connectivity index (χ1) is 12.2. The van der Waals surface area contributed by atoms with Crippen LogP contribution in [0, 0.1) is 0 Å². The van der Waals surface area contributed by atoms with Crippen molar-refractivity contribution in [1.82, 2.24) is 9.97 Å². The molecule has 1 aromatic heterocycles. The Labute approximate surface area is 154 Å². The Kier molecular flexibility index (Phi) is 5.74. The molecule has 1 atom stereocenters. The van der Waals surface area contributed by atoms with Crippen molar-refractivity contribution >= 4 is 33.5 Å². The second kappa shape index (κ2) is 8.39. The van der Waals surface area contributed by atoms with Crippen molar-refractivity contribution in [2.45, 2.75) is 12.5 Å². The molecule has 2 aromatic carbocycles. The minimum atomic E-state index is -0.496. The molecule has 2 N–H and O–H groups in total. The summed E-state index contributed by atoms with van der Waals surface area (Å²) in [5, 5.41) is 6.05. The Balaban J connectivity index is 1.77. The monoisotopic (exact) mass is 396 g/mol. The number of rotatable bonds is 6. The van der Waals surface area contributed by atoms with E-state index in [0.29, 0.717) is 12.4 Å². The van der Waals surface area contributed by atoms with E-state index >= 15 is 0 Å². The summed E-state index contributed by atoms with van der Waals surface area (Å²) in [7, 11) is 0. The molecule has 0 radical (unpaired) electrons. The van der Waals surface area contributed by atoms with E-state index in [9.17, 15) is 4.79 Å². The molecule has 6 heteroatoms. The van der Waals surface area contributed by atoms with E-state index < -0.39 is 6.04 Å². The largest absolute Gasteiger partial charge is 0.342 e. The second-order valence-electron chi connectivity index (χ2n) is 5.47. The van der Waals surface area contributed by atoms with Crippen LogP contribution in [0.15, 0.2) is 77.5 Å². The van der Waals surface area contributed by atoms with Crippen molar-refractivity contribution in [2.24, 2.45) is 0 Å². The zero-order valence-electron chi connectivity index (χ0n) is 13.4. The molecule has 0 bridgehead atoms. The highest BCUT2D eigenvalue weighted by Crippen LogP contribution is 2.13. The predicted molar refractivity (Wildman–Crippen MR) is 102 cm³/mol. The van der Waals surface area contributed by atoms with Crippen molar-refractivity contribution in [3.63, 3.8) is 0 Å². The predicted octanol–water partition coefficient (Wildman–Crippen LogP) is 3.90. The highest BCUT2D eigenvalue weighted by Gasteiger charge is 2.20. The van der Waals surface area contributed by atoms with Crippen LogP contribution in [-0.2, 0) is 11.2 Å². The molecule has 0 spiro atoms. The summed E-state index contributed by atoms with van der Waals surface area (Å²) >= 11 is 3.31. The minimum absolute atomic E-state index is 0.137. The Morgan fingerprint density at radius 1 is 0.960 bits per heavy atom. The smallest absolute Gasteiger partial charge is 0.247 e. The first-order valence-corrected chi connectivity index (χ1v) is 8.64. The molecule has 0 saturated heterocycles. The summed E-state index contributed by atoms with van der Waals surface area (Å²) < 4.78 is 0.784. The standard InChI is InChI=1S/C19H17BrN4O/c20-15-12-21-19(22-13-15)24-17(11-14-7-3-1-4-8-14)18(25)23-16-9-5-2-6-10-16/h1-10,12-13,17H,11H2,(H,23,25)(H,21,22,24)/t17-/m1/s1. The Bertz CT molecular complexity index is 810. The average Bonchev–Trinajstić information content (AvgIpc) is 2.64. The number of benzene rings is 2. The van der Waals surface area contributed by atoms with Gasteiger partial charge >= 0.3 is 0 Å². The lowest BCUT2D eigenvalue weighted by Crippen LogP contribution is -2.37. The number of hydrogen-bond acceptors (Lipinski definition) is 4. The SMILES string of the molecule is O=C(Nc1ccccc1)[C@@H](Cc1ccccc1)Nc1ncc(Br)cn1. The van der Waals surface area contributed by atoms with Crippen molar-refractivity contribution in [2.75, 3.05) is 10.6 Å². The van der Waals surface area contributed by atoms with Crippen molar-refractivity contribution in [1.29, 1.82) is 0 Å². The fourth-order valence-electron chi connectivity index (χ4n) is 2.35. The number of carbonyl (C=O) groups excluding carboxylic acids is 1. The van der Waals surface area contributed by atoms with E-state index in [2.05, 4.69) is 36.5 Å². The number of aromatic nitrogens is 2. The highest BCUT2D eigenvalue weighted by molar-refractivity contribution is 9.10. The van der Waals surface area contributed by atoms with E-state index in [0.717, 1.165) is 15.7 Å². The summed E-state index contributed by atoms with van der Waals surface area (Å²) in [5.41, 5.74) is 1.81. The Morgan fingerprint density at radius 2 is 1.56 bits per heavy atom. The van der Waals surface area contributed by atoms with Gasteiger partial charge < -0.3 is 10.6 Å². The first-order valence-electron chi connectivity index (χ1n) is 7.84. The van der Waals surface area contributed by atoms with Crippen molar-refractivity contribution in [3.8, 4) is 0 Å². The van der Waals surface area contributed by atoms with Crippen LogP contribution in [0.25, 0.3) is 0 Å². The lowest BCUT2D eigenvalue weighted by Gasteiger charge is -2.18. The fourth-order valence-corrected chi connectivity index (χ4v) is 2.56. The number of anilines is 2. The molecular weight excluding hydrogens is 380 g/mol. The number of nitrogens with one attached hydrogen (secondary N) is 2. The third-order valence-corrected chi connectivity index (χ3v) is 3.97. The van der Waals surface area contributed by atoms with Gasteiger partial charge in [-0.2, -0.15) is 0 Å². The summed E-state index contributed by atoms with van der Waals surface area (Å²) in [6, 6.07) is 18.7. The molecule has 1 heterocycles. The van der Waals surface area contributed by atoms with E-state index in [-0.39, 0.29) is 5.91 Å². The normalized spacial score (nSPS) is 11.6. The van der Waals surface area contributed by atoms with Crippen LogP contribution in [0.4, 0.5) is 11.6 Å². The first kappa shape index (κ1) is 17.1. The van der Waals surface area contributed by atoms with Crippen LogP contribution in [0.1, 0.15) is 5.56 Å². The van der Waals surface area contributed by atoms with Crippen LogP contribution in [0.3, 0.4) is 0 Å². The lowest BCUT2D eigenvalue weighted by molar-refractivity contribution is -0.116. The van der Waals surface area contributed by atoms with Crippen molar-refractivity contribution in [3.05, 3.63) is 83.1 Å². The average molecular weight is 397 g/mol. The Morgan fingerprint density at radius 3 is 2.20 bits per heavy atom. The second-order valence-corrected chi connectivity index (χ2v) is 6.38. The summed E-state index contributed by atoms with van der Waals surface area (Å²) in [6.07, 6.45) is 3.81. The van der Waals surface area contributed by atoms with E-state index in [4.69, 9.17) is 0 Å². The Hall–Kier alpha value is -2.73. The molecule has 0 aliphatic carbocycles. The van der Waals surface area contributed by atoms with E-state index in [1.807, 2.05) is 60.7 Å². The molecule has 3 aromatic rings. The summed E-state index contributed by atoms with van der Waals surface area (Å²) in [6.45, 7) is 0. The quantitative estimate of drug-likeness (QED) is 0.662. The number of hydrogen-bond donors (Lipinski definition) is 2. The number of nitrogens with zero attached hydrogens (tertiary/aromatic N) is 2. The van der Waals surface area contributed by atoms with Gasteiger partial charge in [0.25, 0.3) is 0 Å². The molecule has 0 aliphatic rings. The lowest BCUT2D eigenvalue weighted by atomic mass is 10.1. The number of halogens is 1. The highest BCUT2D eigenvalue weighted by atomic mass is 79.9. The van der Waals surface area contributed by atoms with Gasteiger partial charge in [0.15, 0.2) is 0 Å². The van der Waals surface area contributed by atoms with Crippen LogP contribution in [0.2, 0.25) is 0 Å². The van der Waals surface area contributed by atoms with Gasteiger partial charge in [-0.05, 0) is 33.6 Å². The zero-order chi connectivity index (χ0) is 17.5. The summed E-state index contributed by atoms with van der Waals surface area (Å²) in [4.78, 5) is 21.1. The van der Waals surface area contributed by atoms with E-state index in [1.54, 1.807) is 12.4 Å².